The molecular formula is C56H117B2N5O5P2Si2. The van der Waals surface area contributed by atoms with Crippen LogP contribution in [0.4, 0.5) is 0 Å². The first-order valence-corrected chi connectivity index (χ1v) is 36.2. The molecule has 0 aromatic carbocycles. The third kappa shape index (κ3) is 58.8. The van der Waals surface area contributed by atoms with E-state index in [1.165, 1.54) is 193 Å². The van der Waals surface area contributed by atoms with E-state index >= 15 is 0 Å². The average molecular weight is 1090 g/mol. The van der Waals surface area contributed by atoms with E-state index in [1.54, 1.807) is 0 Å². The molecule has 6 unspecified atom stereocenters. The van der Waals surface area contributed by atoms with Crippen molar-refractivity contribution in [1.29, 1.82) is 5.03 Å². The second-order valence-electron chi connectivity index (χ2n) is 20.9. The Hall–Kier alpha value is -0.446. The molecule has 4 radical (unpaired) electrons. The molecule has 3 N–H and O–H groups in total. The maximum Gasteiger partial charge on any atom is 0.220 e. The van der Waals surface area contributed by atoms with Gasteiger partial charge in [0.05, 0.1) is 36.2 Å². The van der Waals surface area contributed by atoms with Gasteiger partial charge in [0.2, 0.25) is 11.8 Å². The van der Waals surface area contributed by atoms with E-state index in [-0.39, 0.29) is 37.1 Å². The molecule has 72 heavy (non-hydrogen) atoms. The summed E-state index contributed by atoms with van der Waals surface area (Å²) in [7, 11) is 4.00. The van der Waals surface area contributed by atoms with Crippen molar-refractivity contribution in [3.63, 3.8) is 0 Å². The zero-order valence-corrected chi connectivity index (χ0v) is 51.4. The van der Waals surface area contributed by atoms with Crippen molar-refractivity contribution < 1.29 is 23.5 Å². The Morgan fingerprint density at radius 1 is 0.528 bits per heavy atom. The van der Waals surface area contributed by atoms with Crippen LogP contribution in [0.15, 0.2) is 5.11 Å². The van der Waals surface area contributed by atoms with Crippen LogP contribution in [-0.4, -0.2) is 91.3 Å². The molecule has 0 bridgehead atoms. The van der Waals surface area contributed by atoms with Crippen molar-refractivity contribution in [1.82, 2.24) is 10.6 Å². The quantitative estimate of drug-likeness (QED) is 0.0139. The zero-order valence-electron chi connectivity index (χ0n) is 51.4. The van der Waals surface area contributed by atoms with Gasteiger partial charge in [-0.2, -0.15) is 0 Å². The number of nitrogens with zero attached hydrogens (tertiary/aromatic N) is 3. The van der Waals surface area contributed by atoms with Gasteiger partial charge < -0.3 is 24.6 Å². The van der Waals surface area contributed by atoms with Gasteiger partial charge in [0.25, 0.3) is 0 Å². The lowest BCUT2D eigenvalue weighted by Gasteiger charge is -2.21. The lowest BCUT2D eigenvalue weighted by Crippen LogP contribution is -2.36. The van der Waals surface area contributed by atoms with Gasteiger partial charge in [-0.1, -0.05) is 251 Å². The number of aliphatic hydroxyl groups excluding tert-OH is 1. The van der Waals surface area contributed by atoms with E-state index in [4.69, 9.17) is 34.3 Å². The van der Waals surface area contributed by atoms with Gasteiger partial charge in [-0.25, -0.2) is 0 Å². The highest BCUT2D eigenvalue weighted by molar-refractivity contribution is 7.71. The molecule has 0 heterocycles. The molecule has 0 aromatic heterocycles. The lowest BCUT2D eigenvalue weighted by molar-refractivity contribution is -0.122. The summed E-state index contributed by atoms with van der Waals surface area (Å²) in [5.41, 5.74) is 8.96. The van der Waals surface area contributed by atoms with E-state index in [0.29, 0.717) is 38.5 Å². The number of carbonyl (C=O) groups is 2. The topological polar surface area (TPSA) is 146 Å². The predicted octanol–water partition coefficient (Wildman–Crippen LogP) is 15.8. The van der Waals surface area contributed by atoms with Gasteiger partial charge in [0.15, 0.2) is 0 Å². The normalized spacial score (nSPS) is 15.8. The highest BCUT2D eigenvalue weighted by atomic mass is 31.3. The second-order valence-corrected chi connectivity index (χ2v) is 25.9. The Bertz CT molecular complexity index is 1350. The summed E-state index contributed by atoms with van der Waals surface area (Å²) in [4.78, 5) is 28.3. The maximum absolute atomic E-state index is 12.7. The van der Waals surface area contributed by atoms with Gasteiger partial charge in [0.1, 0.15) is 17.0 Å². The van der Waals surface area contributed by atoms with Crippen LogP contribution < -0.4 is 10.6 Å². The Morgan fingerprint density at radius 3 is 1.17 bits per heavy atom. The summed E-state index contributed by atoms with van der Waals surface area (Å²) >= 11 is 0. The highest BCUT2D eigenvalue weighted by Gasteiger charge is 2.17. The van der Waals surface area contributed by atoms with Crippen molar-refractivity contribution in [2.24, 2.45) is 5.11 Å². The molecular weight excluding hydrogens is 962 g/mol. The number of amides is 2. The highest BCUT2D eigenvalue weighted by Crippen LogP contribution is 2.18. The number of rotatable bonds is 57. The number of aliphatic hydroxyl groups is 1. The van der Waals surface area contributed by atoms with E-state index in [9.17, 15) is 14.7 Å². The average Bonchev–Trinajstić information content (AvgIpc) is 3.40. The first-order valence-electron chi connectivity index (χ1n) is 32.3. The van der Waals surface area contributed by atoms with Crippen LogP contribution in [-0.2, 0) is 18.4 Å². The maximum atomic E-state index is 12.7. The molecule has 2 amide bonds. The fourth-order valence-corrected chi connectivity index (χ4v) is 10.5. The number of hydrogen-bond acceptors (Lipinski definition) is 6. The number of hydrogen-bond donors (Lipinski definition) is 3. The SMILES string of the molecule is [2H][Si]([B])(OC[C@@H](CCC(CCCCCCCCC)NC(=O)CCCCCCCCCCCCC)N=[N+]=[N-])P[3H].[2H][Si]([B])(OC[C@@H](O)CCC(CCCCCCCCC)NC(=O)CCCCCCCCCCCCC)P[3H]. The molecule has 0 saturated carbocycles. The third-order valence-electron chi connectivity index (χ3n) is 13.8. The molecule has 0 aromatic rings. The standard InChI is InChI=1S/C28H58BN4O2PSi.C28H59BNO3PSi/c1-3-5-7-9-11-12-13-14-16-18-20-22-28(34)31-26(21-19-17-15-10-8-6-4-2)23-24-27(32-33-30)25-35-37(29)36;1-3-5-7-9-11-12-13-14-16-18-20-22-28(32)30-26(21-19-17-15-10-8-6-4-2)23-24-27(31)25-33-35(29)34/h26-27,37H,3-25,36H2,1-2H3,(H,31,34);26-27,31,35H,3-25,34H2,1-2H3,(H,30,32)/t26?,27-,37?;26?,27-,35?/m10/s1/i36T,37D;34T,35D/t26?,27-,36?,37?;26?,27-,34?,35?. The minimum atomic E-state index is -3.24. The largest absolute Gasteiger partial charge is 0.425 e. The minimum absolute atomic E-state index is 0.00887. The number of azide groups is 1. The van der Waals surface area contributed by atoms with E-state index < -0.39 is 46.6 Å². The van der Waals surface area contributed by atoms with Gasteiger partial charge in [0, 0.05) is 38.9 Å². The lowest BCUT2D eigenvalue weighted by atomic mass is 9.99. The Labute approximate surface area is 461 Å². The van der Waals surface area contributed by atoms with E-state index in [1.807, 2.05) is 0 Å². The van der Waals surface area contributed by atoms with E-state index in [0.717, 1.165) is 51.4 Å². The summed E-state index contributed by atoms with van der Waals surface area (Å²) in [6.07, 6.45) is 50.0. The minimum Gasteiger partial charge on any atom is -0.425 e. The Kier molecular flexibility index (Phi) is 54.7. The zero-order chi connectivity index (χ0) is 56.6. The summed E-state index contributed by atoms with van der Waals surface area (Å²) in [6.45, 7) is 9.05. The fraction of sp³-hybridized carbons (Fsp3) is 0.964. The smallest absolute Gasteiger partial charge is 0.220 e. The van der Waals surface area contributed by atoms with E-state index in [2.05, 4.69) is 48.4 Å². The number of unbranched alkanes of at least 4 members (excludes halogenated alkanes) is 32. The first kappa shape index (κ1) is 65.8. The summed E-state index contributed by atoms with van der Waals surface area (Å²) in [5.74, 6) is 0.245. The monoisotopic (exact) mass is 1090 g/mol. The van der Waals surface area contributed by atoms with Crippen LogP contribution >= 0.6 is 17.5 Å². The van der Waals surface area contributed by atoms with Crippen LogP contribution in [0.2, 0.25) is 0 Å². The second kappa shape index (κ2) is 59.8. The van der Waals surface area contributed by atoms with Crippen LogP contribution in [0.3, 0.4) is 0 Å². The summed E-state index contributed by atoms with van der Waals surface area (Å²) in [6, 6.07) is -0.321. The van der Waals surface area contributed by atoms with Gasteiger partial charge in [-0.15, -0.1) is 17.5 Å². The molecule has 0 aliphatic rings. The fourth-order valence-electron chi connectivity index (χ4n) is 9.26. The van der Waals surface area contributed by atoms with Crippen molar-refractivity contribution >= 4 is 61.2 Å². The Balaban J connectivity index is 0. The van der Waals surface area contributed by atoms with Crippen LogP contribution in [0.1, 0.15) is 310 Å². The van der Waals surface area contributed by atoms with Crippen molar-refractivity contribution in [3.8, 4) is 0 Å². The first-order chi connectivity index (χ1) is 36.7. The van der Waals surface area contributed by atoms with Crippen molar-refractivity contribution in [2.45, 2.75) is 334 Å². The van der Waals surface area contributed by atoms with Gasteiger partial charge in [-0.3, -0.25) is 9.59 Å². The molecule has 0 spiro atoms. The van der Waals surface area contributed by atoms with Crippen molar-refractivity contribution in [3.05, 3.63) is 10.4 Å². The van der Waals surface area contributed by atoms with Crippen LogP contribution in [0.25, 0.3) is 10.4 Å². The molecule has 16 heteroatoms. The molecule has 0 aliphatic heterocycles. The summed E-state index contributed by atoms with van der Waals surface area (Å²) < 4.78 is 41.0. The molecule has 0 fully saturated rings. The molecule has 8 atom stereocenters. The van der Waals surface area contributed by atoms with Crippen LogP contribution in [0.5, 0.6) is 0 Å². The third-order valence-corrected chi connectivity index (χ3v) is 15.7. The number of carbonyl (C=O) groups excluding carboxylic acids is 2. The summed E-state index contributed by atoms with van der Waals surface area (Å²) in [5, 5.41) is 20.6. The predicted molar refractivity (Wildman–Crippen MR) is 326 cm³/mol. The van der Waals surface area contributed by atoms with Crippen molar-refractivity contribution in [2.75, 3.05) is 13.2 Å². The molecule has 0 aliphatic carbocycles. The molecule has 0 rings (SSSR count). The molecule has 10 nitrogen and oxygen atoms in total. The Morgan fingerprint density at radius 2 is 0.833 bits per heavy atom. The number of nitrogens with one attached hydrogen (secondary N) is 2. The van der Waals surface area contributed by atoms with Gasteiger partial charge in [-0.05, 0) is 56.9 Å². The molecule has 420 valence electrons. The molecule has 0 saturated heterocycles. The van der Waals surface area contributed by atoms with Gasteiger partial charge >= 0.3 is 0 Å². The van der Waals surface area contributed by atoms with Crippen LogP contribution in [0, 0.1) is 0 Å².